The van der Waals surface area contributed by atoms with Gasteiger partial charge in [0.2, 0.25) is 0 Å². The number of hydrogen-bond acceptors (Lipinski definition) is 0. The molecular formula is C48H28. The number of benzene rings is 9. The third-order valence-corrected chi connectivity index (χ3v) is 10.7. The van der Waals surface area contributed by atoms with Crippen LogP contribution in [0.3, 0.4) is 0 Å². The van der Waals surface area contributed by atoms with E-state index < -0.39 is 0 Å². The van der Waals surface area contributed by atoms with Crippen LogP contribution in [0.1, 0.15) is 0 Å². The van der Waals surface area contributed by atoms with E-state index in [9.17, 15) is 0 Å². The standard InChI is InChI=1S/C48H28/c1-3-14-31(15-4-1)42-45-37-24-10-19-30-20-11-25-38(41(30)37)46(45)43(32-16-5-2-6-17-32)48-40-28-27-35(36-23-12-26-39(44(36)40)47(42)48)34-22-9-18-29-13-7-8-21-33(29)34/h1-28H. The van der Waals surface area contributed by atoms with Gasteiger partial charge < -0.3 is 0 Å². The molecule has 0 nitrogen and oxygen atoms in total. The molecule has 0 saturated carbocycles. The zero-order chi connectivity index (χ0) is 31.3. The van der Waals surface area contributed by atoms with E-state index in [2.05, 4.69) is 170 Å². The van der Waals surface area contributed by atoms with Crippen molar-refractivity contribution in [2.75, 3.05) is 0 Å². The lowest BCUT2D eigenvalue weighted by Crippen LogP contribution is -1.87. The smallest absolute Gasteiger partial charge is 0.000718 e. The number of fused-ring (bicyclic) bond motifs is 7. The van der Waals surface area contributed by atoms with Crippen LogP contribution in [0.15, 0.2) is 170 Å². The van der Waals surface area contributed by atoms with Gasteiger partial charge in [0.1, 0.15) is 0 Å². The summed E-state index contributed by atoms with van der Waals surface area (Å²) in [5, 5.41) is 18.6. The van der Waals surface area contributed by atoms with Crippen LogP contribution < -0.4 is 0 Å². The Morgan fingerprint density at radius 2 is 0.625 bits per heavy atom. The first-order chi connectivity index (χ1) is 23.9. The van der Waals surface area contributed by atoms with Gasteiger partial charge in [-0.15, -0.1) is 0 Å². The maximum atomic E-state index is 2.41. The van der Waals surface area contributed by atoms with E-state index in [0.717, 1.165) is 0 Å². The second kappa shape index (κ2) is 9.64. The van der Waals surface area contributed by atoms with Crippen molar-refractivity contribution >= 4 is 75.4 Å². The Hall–Kier alpha value is -6.24. The summed E-state index contributed by atoms with van der Waals surface area (Å²) in [5.74, 6) is 0. The van der Waals surface area contributed by atoms with Crippen LogP contribution in [0.4, 0.5) is 0 Å². The highest BCUT2D eigenvalue weighted by Crippen LogP contribution is 2.56. The highest BCUT2D eigenvalue weighted by molar-refractivity contribution is 6.46. The first-order valence-corrected chi connectivity index (χ1v) is 16.8. The lowest BCUT2D eigenvalue weighted by atomic mass is 9.87. The third-order valence-electron chi connectivity index (χ3n) is 10.7. The average Bonchev–Trinajstić information content (AvgIpc) is 3.67. The quantitative estimate of drug-likeness (QED) is 0.188. The van der Waals surface area contributed by atoms with Crippen molar-refractivity contribution in [2.45, 2.75) is 0 Å². The summed E-state index contributed by atoms with van der Waals surface area (Å²) in [4.78, 5) is 0. The molecule has 220 valence electrons. The molecule has 0 radical (unpaired) electrons. The molecule has 0 aromatic heterocycles. The Morgan fingerprint density at radius 1 is 0.208 bits per heavy atom. The van der Waals surface area contributed by atoms with Crippen LogP contribution in [0.5, 0.6) is 0 Å². The molecule has 0 atom stereocenters. The molecule has 0 bridgehead atoms. The van der Waals surface area contributed by atoms with E-state index in [-0.39, 0.29) is 0 Å². The molecule has 0 heteroatoms. The zero-order valence-corrected chi connectivity index (χ0v) is 26.2. The fourth-order valence-corrected chi connectivity index (χ4v) is 8.89. The summed E-state index contributed by atoms with van der Waals surface area (Å²) in [6.45, 7) is 0. The largest absolute Gasteiger partial charge is 0.0622 e. The first kappa shape index (κ1) is 25.9. The zero-order valence-electron chi connectivity index (χ0n) is 26.2. The lowest BCUT2D eigenvalue weighted by Gasteiger charge is -2.15. The van der Waals surface area contributed by atoms with Crippen molar-refractivity contribution < 1.29 is 0 Å². The topological polar surface area (TPSA) is 0 Å². The normalized spacial score (nSPS) is 12.2. The highest BCUT2D eigenvalue weighted by Gasteiger charge is 2.27. The van der Waals surface area contributed by atoms with Gasteiger partial charge >= 0.3 is 0 Å². The second-order valence-electron chi connectivity index (χ2n) is 13.1. The Kier molecular flexibility index (Phi) is 5.20. The van der Waals surface area contributed by atoms with Crippen LogP contribution in [-0.2, 0) is 0 Å². The van der Waals surface area contributed by atoms with Gasteiger partial charge in [-0.25, -0.2) is 0 Å². The predicted molar refractivity (Wildman–Crippen MR) is 208 cm³/mol. The van der Waals surface area contributed by atoms with E-state index in [1.165, 1.54) is 109 Å². The molecule has 11 aromatic rings. The summed E-state index contributed by atoms with van der Waals surface area (Å²) in [7, 11) is 0. The van der Waals surface area contributed by atoms with Crippen molar-refractivity contribution in [3.05, 3.63) is 170 Å². The fourth-order valence-electron chi connectivity index (χ4n) is 8.89. The van der Waals surface area contributed by atoms with Crippen molar-refractivity contribution in [3.8, 4) is 33.4 Å². The molecular weight excluding hydrogens is 577 g/mol. The molecule has 11 aromatic carbocycles. The molecule has 0 N–H and O–H groups in total. The highest BCUT2D eigenvalue weighted by atomic mass is 14.3. The van der Waals surface area contributed by atoms with Crippen molar-refractivity contribution in [1.82, 2.24) is 0 Å². The fraction of sp³-hybridized carbons (Fsp3) is 0. The average molecular weight is 605 g/mol. The van der Waals surface area contributed by atoms with Gasteiger partial charge in [-0.2, -0.15) is 0 Å². The van der Waals surface area contributed by atoms with Crippen LogP contribution in [0.2, 0.25) is 0 Å². The van der Waals surface area contributed by atoms with Gasteiger partial charge in [-0.3, -0.25) is 0 Å². The first-order valence-electron chi connectivity index (χ1n) is 16.8. The van der Waals surface area contributed by atoms with Gasteiger partial charge in [0.05, 0.1) is 0 Å². The van der Waals surface area contributed by atoms with E-state index in [1.54, 1.807) is 0 Å². The Balaban J connectivity index is 1.44. The summed E-state index contributed by atoms with van der Waals surface area (Å²) in [5.41, 5.74) is 7.74. The maximum Gasteiger partial charge on any atom is -0.000718 e. The molecule has 0 fully saturated rings. The van der Waals surface area contributed by atoms with Crippen LogP contribution in [0.25, 0.3) is 109 Å². The van der Waals surface area contributed by atoms with Gasteiger partial charge in [-0.1, -0.05) is 170 Å². The molecule has 0 heterocycles. The van der Waals surface area contributed by atoms with Crippen molar-refractivity contribution in [3.63, 3.8) is 0 Å². The minimum absolute atomic E-state index is 1.26. The van der Waals surface area contributed by atoms with Crippen molar-refractivity contribution in [2.24, 2.45) is 0 Å². The Labute approximate surface area is 277 Å². The molecule has 0 amide bonds. The molecule has 0 spiro atoms. The van der Waals surface area contributed by atoms with E-state index in [1.807, 2.05) is 0 Å². The van der Waals surface area contributed by atoms with Crippen LogP contribution in [-0.4, -0.2) is 0 Å². The van der Waals surface area contributed by atoms with Crippen LogP contribution in [0, 0.1) is 0 Å². The summed E-state index contributed by atoms with van der Waals surface area (Å²) in [6, 6.07) is 63.0. The van der Waals surface area contributed by atoms with Crippen molar-refractivity contribution in [1.29, 1.82) is 0 Å². The summed E-state index contributed by atoms with van der Waals surface area (Å²) >= 11 is 0. The van der Waals surface area contributed by atoms with E-state index in [0.29, 0.717) is 0 Å². The Morgan fingerprint density at radius 3 is 1.27 bits per heavy atom. The SMILES string of the molecule is c1ccc(-c2c3c4cccc5cccc(c3c(-c3ccccc3)c3c6ccc(-c7cccc8ccccc78)c7cccc(c23)c76)c54)cc1. The van der Waals surface area contributed by atoms with Gasteiger partial charge in [-0.05, 0) is 109 Å². The minimum atomic E-state index is 1.26. The molecule has 0 aliphatic carbocycles. The minimum Gasteiger partial charge on any atom is -0.0622 e. The molecule has 0 unspecified atom stereocenters. The molecule has 48 heavy (non-hydrogen) atoms. The van der Waals surface area contributed by atoms with Gasteiger partial charge in [0.25, 0.3) is 0 Å². The maximum absolute atomic E-state index is 2.41. The molecule has 11 rings (SSSR count). The van der Waals surface area contributed by atoms with E-state index in [4.69, 9.17) is 0 Å². The number of rotatable bonds is 3. The molecule has 0 aliphatic heterocycles. The molecule has 0 saturated heterocycles. The van der Waals surface area contributed by atoms with Crippen LogP contribution >= 0.6 is 0 Å². The summed E-state index contributed by atoms with van der Waals surface area (Å²) < 4.78 is 0. The molecule has 0 aliphatic rings. The van der Waals surface area contributed by atoms with Gasteiger partial charge in [0.15, 0.2) is 0 Å². The predicted octanol–water partition coefficient (Wildman–Crippen LogP) is 13.6. The monoisotopic (exact) mass is 604 g/mol. The lowest BCUT2D eigenvalue weighted by molar-refractivity contribution is 1.68. The second-order valence-corrected chi connectivity index (χ2v) is 13.1. The van der Waals surface area contributed by atoms with E-state index >= 15 is 0 Å². The third kappa shape index (κ3) is 3.34. The van der Waals surface area contributed by atoms with Gasteiger partial charge in [0, 0.05) is 0 Å². The number of hydrogen-bond donors (Lipinski definition) is 0. The summed E-state index contributed by atoms with van der Waals surface area (Å²) in [6.07, 6.45) is 0. The Bertz CT molecular complexity index is 2890.